The van der Waals surface area contributed by atoms with Gasteiger partial charge in [0.25, 0.3) is 0 Å². The highest BCUT2D eigenvalue weighted by Crippen LogP contribution is 2.20. The van der Waals surface area contributed by atoms with Gasteiger partial charge < -0.3 is 19.9 Å². The van der Waals surface area contributed by atoms with Gasteiger partial charge in [0.15, 0.2) is 5.16 Å². The summed E-state index contributed by atoms with van der Waals surface area (Å²) in [6.07, 6.45) is 0.0310. The number of carbonyl (C=O) groups is 2. The van der Waals surface area contributed by atoms with Crippen molar-refractivity contribution in [2.75, 3.05) is 23.5 Å². The highest BCUT2D eigenvalue weighted by molar-refractivity contribution is 7.99. The number of thioether (sulfide) groups is 1. The number of methoxy groups -OCH3 is 1. The number of benzene rings is 2. The normalized spacial score (nSPS) is 11.0. The largest absolute Gasteiger partial charge is 0.497 e. The Balaban J connectivity index is 1.34. The number of fused-ring (bicyclic) bond motifs is 1. The number of ether oxygens (including phenoxy) is 1. The van der Waals surface area contributed by atoms with Gasteiger partial charge in [-0.3, -0.25) is 18.7 Å². The summed E-state index contributed by atoms with van der Waals surface area (Å²) in [7, 11) is 6.70. The van der Waals surface area contributed by atoms with Gasteiger partial charge in [0, 0.05) is 38.6 Å². The van der Waals surface area contributed by atoms with Gasteiger partial charge in [-0.25, -0.2) is 4.79 Å². The summed E-state index contributed by atoms with van der Waals surface area (Å²) in [5, 5.41) is 14.4. The maximum atomic E-state index is 12.5. The van der Waals surface area contributed by atoms with E-state index in [1.54, 1.807) is 79.9 Å². The molecule has 4 rings (SSSR count). The standard InChI is InChI=1S/C23H25N7O4S/c1-28-17-9-8-15(11-18(17)29(2)23(28)33)25-21(32)13-35-22-27-26-19(30(22)3)12-20(31)24-14-6-5-7-16(10-14)34-4/h5-11H,12-13H2,1-4H3,(H,24,31)(H,25,32). The molecule has 0 atom stereocenters. The topological polar surface area (TPSA) is 125 Å². The molecule has 2 aromatic heterocycles. The molecule has 0 spiro atoms. The van der Waals surface area contributed by atoms with E-state index in [0.717, 1.165) is 11.0 Å². The molecule has 2 amide bonds. The maximum absolute atomic E-state index is 12.5. The molecule has 0 saturated heterocycles. The Labute approximate surface area is 205 Å². The number of aryl methyl sites for hydroxylation is 2. The SMILES string of the molecule is COc1cccc(NC(=O)Cc2nnc(SCC(=O)Nc3ccc4c(c3)n(C)c(=O)n4C)n2C)c1. The predicted octanol–water partition coefficient (Wildman–Crippen LogP) is 1.93. The number of imidazole rings is 1. The fourth-order valence-corrected chi connectivity index (χ4v) is 4.32. The van der Waals surface area contributed by atoms with Crippen LogP contribution < -0.4 is 21.1 Å². The first-order valence-corrected chi connectivity index (χ1v) is 11.7. The minimum Gasteiger partial charge on any atom is -0.497 e. The third-order valence-electron chi connectivity index (χ3n) is 5.49. The fourth-order valence-electron chi connectivity index (χ4n) is 3.59. The van der Waals surface area contributed by atoms with Crippen LogP contribution in [0.5, 0.6) is 5.75 Å². The zero-order valence-electron chi connectivity index (χ0n) is 19.7. The molecule has 35 heavy (non-hydrogen) atoms. The number of nitrogens with one attached hydrogen (secondary N) is 2. The molecule has 0 radical (unpaired) electrons. The van der Waals surface area contributed by atoms with Crippen molar-refractivity contribution in [3.63, 3.8) is 0 Å². The second-order valence-corrected chi connectivity index (χ2v) is 8.80. The third-order valence-corrected chi connectivity index (χ3v) is 6.51. The lowest BCUT2D eigenvalue weighted by Crippen LogP contribution is -2.19. The first-order valence-electron chi connectivity index (χ1n) is 10.7. The van der Waals surface area contributed by atoms with E-state index in [9.17, 15) is 14.4 Å². The first-order chi connectivity index (χ1) is 16.8. The summed E-state index contributed by atoms with van der Waals surface area (Å²) in [6, 6.07) is 12.4. The lowest BCUT2D eigenvalue weighted by molar-refractivity contribution is -0.116. The number of hydrogen-bond donors (Lipinski definition) is 2. The van der Waals surface area contributed by atoms with Crippen molar-refractivity contribution in [3.8, 4) is 5.75 Å². The summed E-state index contributed by atoms with van der Waals surface area (Å²) in [6.45, 7) is 0. The van der Waals surface area contributed by atoms with Gasteiger partial charge in [0.1, 0.15) is 11.6 Å². The molecule has 11 nitrogen and oxygen atoms in total. The van der Waals surface area contributed by atoms with E-state index in [1.807, 2.05) is 0 Å². The van der Waals surface area contributed by atoms with Crippen molar-refractivity contribution in [3.05, 3.63) is 58.8 Å². The number of anilines is 2. The molecule has 0 saturated carbocycles. The van der Waals surface area contributed by atoms with Gasteiger partial charge in [-0.05, 0) is 30.3 Å². The van der Waals surface area contributed by atoms with Gasteiger partial charge in [0.2, 0.25) is 11.8 Å². The molecular formula is C23H25N7O4S. The minimum atomic E-state index is -0.242. The van der Waals surface area contributed by atoms with E-state index in [0.29, 0.717) is 28.1 Å². The maximum Gasteiger partial charge on any atom is 0.328 e. The zero-order chi connectivity index (χ0) is 25.1. The molecule has 2 heterocycles. The second-order valence-electron chi connectivity index (χ2n) is 7.86. The molecule has 2 N–H and O–H groups in total. The van der Waals surface area contributed by atoms with Crippen molar-refractivity contribution in [1.82, 2.24) is 23.9 Å². The molecule has 182 valence electrons. The number of nitrogens with zero attached hydrogens (tertiary/aromatic N) is 5. The fraction of sp³-hybridized carbons (Fsp3) is 0.261. The average molecular weight is 496 g/mol. The van der Waals surface area contributed by atoms with Crippen LogP contribution in [0.3, 0.4) is 0 Å². The van der Waals surface area contributed by atoms with Gasteiger partial charge in [-0.15, -0.1) is 10.2 Å². The zero-order valence-corrected chi connectivity index (χ0v) is 20.5. The monoisotopic (exact) mass is 495 g/mol. The van der Waals surface area contributed by atoms with Gasteiger partial charge >= 0.3 is 5.69 Å². The van der Waals surface area contributed by atoms with Crippen LogP contribution in [-0.2, 0) is 37.2 Å². The molecular weight excluding hydrogens is 470 g/mol. The lowest BCUT2D eigenvalue weighted by Gasteiger charge is -2.08. The van der Waals surface area contributed by atoms with E-state index in [4.69, 9.17) is 4.74 Å². The van der Waals surface area contributed by atoms with Crippen LogP contribution in [0.25, 0.3) is 11.0 Å². The summed E-state index contributed by atoms with van der Waals surface area (Å²) < 4.78 is 9.94. The van der Waals surface area contributed by atoms with E-state index in [-0.39, 0.29) is 29.7 Å². The summed E-state index contributed by atoms with van der Waals surface area (Å²) in [5.74, 6) is 0.757. The molecule has 4 aromatic rings. The summed E-state index contributed by atoms with van der Waals surface area (Å²) >= 11 is 1.21. The molecule has 0 fully saturated rings. The number of amides is 2. The van der Waals surface area contributed by atoms with E-state index >= 15 is 0 Å². The molecule has 12 heteroatoms. The summed E-state index contributed by atoms with van der Waals surface area (Å²) in [4.78, 5) is 37.0. The van der Waals surface area contributed by atoms with Gasteiger partial charge in [0.05, 0.1) is 30.3 Å². The molecule has 0 aliphatic rings. The Bertz CT molecular complexity index is 1470. The van der Waals surface area contributed by atoms with E-state index < -0.39 is 0 Å². The Morgan fingerprint density at radius 1 is 0.914 bits per heavy atom. The second kappa shape index (κ2) is 10.1. The smallest absolute Gasteiger partial charge is 0.328 e. The number of carbonyl (C=O) groups excluding carboxylic acids is 2. The van der Waals surface area contributed by atoms with Crippen LogP contribution >= 0.6 is 11.8 Å². The Morgan fingerprint density at radius 2 is 1.63 bits per heavy atom. The number of hydrogen-bond acceptors (Lipinski definition) is 7. The van der Waals surface area contributed by atoms with Crippen LogP contribution in [0.15, 0.2) is 52.4 Å². The van der Waals surface area contributed by atoms with Gasteiger partial charge in [-0.1, -0.05) is 17.8 Å². The van der Waals surface area contributed by atoms with Crippen LogP contribution in [0.4, 0.5) is 11.4 Å². The quantitative estimate of drug-likeness (QED) is 0.358. The van der Waals surface area contributed by atoms with Crippen LogP contribution in [0.1, 0.15) is 5.82 Å². The van der Waals surface area contributed by atoms with Crippen LogP contribution in [0.2, 0.25) is 0 Å². The van der Waals surface area contributed by atoms with Crippen molar-refractivity contribution in [1.29, 1.82) is 0 Å². The van der Waals surface area contributed by atoms with Gasteiger partial charge in [-0.2, -0.15) is 0 Å². The highest BCUT2D eigenvalue weighted by atomic mass is 32.2. The number of rotatable bonds is 8. The highest BCUT2D eigenvalue weighted by Gasteiger charge is 2.15. The molecule has 2 aromatic carbocycles. The van der Waals surface area contributed by atoms with Crippen molar-refractivity contribution >= 4 is 46.0 Å². The Morgan fingerprint density at radius 3 is 2.40 bits per heavy atom. The molecule has 0 aliphatic heterocycles. The Kier molecular flexibility index (Phi) is 6.92. The minimum absolute atomic E-state index is 0.0310. The van der Waals surface area contributed by atoms with Crippen molar-refractivity contribution in [2.24, 2.45) is 21.1 Å². The van der Waals surface area contributed by atoms with Crippen molar-refractivity contribution < 1.29 is 14.3 Å². The van der Waals surface area contributed by atoms with Crippen LogP contribution in [-0.4, -0.2) is 48.6 Å². The van der Waals surface area contributed by atoms with E-state index in [1.165, 1.54) is 16.3 Å². The van der Waals surface area contributed by atoms with E-state index in [2.05, 4.69) is 20.8 Å². The predicted molar refractivity (Wildman–Crippen MR) is 134 cm³/mol. The van der Waals surface area contributed by atoms with Crippen molar-refractivity contribution in [2.45, 2.75) is 11.6 Å². The molecule has 0 aliphatic carbocycles. The molecule has 0 unspecified atom stereocenters. The first kappa shape index (κ1) is 24.1. The Hall–Kier alpha value is -4.06. The lowest BCUT2D eigenvalue weighted by atomic mass is 10.2. The average Bonchev–Trinajstić information content (AvgIpc) is 3.29. The molecule has 0 bridgehead atoms. The third kappa shape index (κ3) is 5.22. The van der Waals surface area contributed by atoms with Crippen LogP contribution in [0, 0.1) is 0 Å². The number of aromatic nitrogens is 5. The summed E-state index contributed by atoms with van der Waals surface area (Å²) in [5.41, 5.74) is 2.60.